The van der Waals surface area contributed by atoms with Crippen molar-refractivity contribution in [2.24, 2.45) is 11.3 Å². The van der Waals surface area contributed by atoms with Gasteiger partial charge < -0.3 is 39.4 Å². The fourth-order valence-electron chi connectivity index (χ4n) is 12.2. The van der Waals surface area contributed by atoms with Crippen LogP contribution in [0.25, 0.3) is 11.0 Å². The van der Waals surface area contributed by atoms with Gasteiger partial charge in [-0.15, -0.1) is 0 Å². The average Bonchev–Trinajstić information content (AvgIpc) is 4.04. The fourth-order valence-corrected chi connectivity index (χ4v) is 14.3. The topological polar surface area (TPSA) is 205 Å². The van der Waals surface area contributed by atoms with Gasteiger partial charge in [0.1, 0.15) is 23.1 Å². The van der Waals surface area contributed by atoms with Crippen LogP contribution in [0.3, 0.4) is 0 Å². The van der Waals surface area contributed by atoms with E-state index in [2.05, 4.69) is 49.4 Å². The van der Waals surface area contributed by atoms with Gasteiger partial charge in [0.2, 0.25) is 5.88 Å². The molecule has 3 aromatic heterocycles. The van der Waals surface area contributed by atoms with Crippen LogP contribution < -0.4 is 24.6 Å². The highest BCUT2D eigenvalue weighted by molar-refractivity contribution is 7.90. The monoisotopic (exact) mass is 1010 g/mol. The van der Waals surface area contributed by atoms with Gasteiger partial charge in [0.15, 0.2) is 0 Å². The lowest BCUT2D eigenvalue weighted by Crippen LogP contribution is -2.58. The van der Waals surface area contributed by atoms with E-state index >= 15 is 0 Å². The van der Waals surface area contributed by atoms with E-state index in [1.54, 1.807) is 17.4 Å². The molecule has 19 heteroatoms. The third kappa shape index (κ3) is 9.37. The maximum Gasteiger partial charge on any atom is 0.293 e. The first-order chi connectivity index (χ1) is 34.1. The van der Waals surface area contributed by atoms with Crippen molar-refractivity contribution < 1.29 is 37.5 Å². The van der Waals surface area contributed by atoms with Crippen LogP contribution in [0.15, 0.2) is 70.4 Å². The second kappa shape index (κ2) is 18.9. The molecule has 3 saturated heterocycles. The van der Waals surface area contributed by atoms with Gasteiger partial charge in [-0.1, -0.05) is 13.8 Å². The Kier molecular flexibility index (Phi) is 12.8. The quantitative estimate of drug-likeness (QED) is 0.0683. The van der Waals surface area contributed by atoms with Gasteiger partial charge >= 0.3 is 0 Å². The van der Waals surface area contributed by atoms with Gasteiger partial charge in [-0.05, 0) is 140 Å². The second-order valence-corrected chi connectivity index (χ2v) is 23.8. The van der Waals surface area contributed by atoms with Crippen molar-refractivity contribution in [3.63, 3.8) is 0 Å². The summed E-state index contributed by atoms with van der Waals surface area (Å²) in [5.74, 6) is 0.171. The molecule has 11 rings (SSSR count). The largest absolute Gasteiger partial charge is 0.470 e. The van der Waals surface area contributed by atoms with E-state index in [0.29, 0.717) is 73.9 Å². The van der Waals surface area contributed by atoms with Crippen molar-refractivity contribution in [3.8, 4) is 5.88 Å². The Bertz CT molecular complexity index is 2910. The minimum Gasteiger partial charge on any atom is -0.470 e. The highest BCUT2D eigenvalue weighted by Gasteiger charge is 2.50. The van der Waals surface area contributed by atoms with E-state index < -0.39 is 37.0 Å². The zero-order valence-electron chi connectivity index (χ0n) is 40.6. The molecule has 5 aromatic rings. The van der Waals surface area contributed by atoms with Crippen molar-refractivity contribution in [3.05, 3.63) is 92.3 Å². The summed E-state index contributed by atoms with van der Waals surface area (Å²) in [6.07, 6.45) is 9.22. The first kappa shape index (κ1) is 48.0. The Morgan fingerprint density at radius 1 is 0.986 bits per heavy atom. The molecule has 1 amide bonds. The van der Waals surface area contributed by atoms with Gasteiger partial charge in [0.25, 0.3) is 21.6 Å². The molecule has 378 valence electrons. The van der Waals surface area contributed by atoms with Crippen LogP contribution in [0.5, 0.6) is 5.88 Å². The lowest BCUT2D eigenvalue weighted by molar-refractivity contribution is -0.384. The minimum absolute atomic E-state index is 0.101. The molecule has 2 saturated carbocycles. The Labute approximate surface area is 418 Å². The molecule has 0 bridgehead atoms. The summed E-state index contributed by atoms with van der Waals surface area (Å²) in [5.41, 5.74) is 4.90. The molecule has 4 N–H and O–H groups in total. The third-order valence-electron chi connectivity index (χ3n) is 16.4. The molecule has 5 fully saturated rings. The Hall–Kier alpha value is -5.31. The number of thiophene rings is 1. The maximum atomic E-state index is 14.7. The second-order valence-electron chi connectivity index (χ2n) is 21.4. The normalized spacial score (nSPS) is 25.9. The number of hydrogen-bond donors (Lipinski definition) is 4. The molecule has 0 radical (unpaired) electrons. The third-order valence-corrected chi connectivity index (χ3v) is 18.5. The van der Waals surface area contributed by atoms with E-state index in [1.165, 1.54) is 23.3 Å². The predicted molar refractivity (Wildman–Crippen MR) is 273 cm³/mol. The molecule has 0 unspecified atom stereocenters. The number of aromatic amines is 1. The van der Waals surface area contributed by atoms with Gasteiger partial charge in [-0.2, -0.15) is 16.3 Å². The number of nitrogens with zero attached hydrogens (tertiary/aromatic N) is 5. The van der Waals surface area contributed by atoms with Crippen LogP contribution in [-0.4, -0.2) is 116 Å². The number of carbonyl (C=O) groups is 1. The fraction of sp³-hybridized carbons (Fsp3) is 0.538. The number of hydrogen-bond acceptors (Lipinski definition) is 15. The summed E-state index contributed by atoms with van der Waals surface area (Å²) in [6.45, 7) is 11.6. The Balaban J connectivity index is 0.865. The summed E-state index contributed by atoms with van der Waals surface area (Å²) < 4.78 is 49.3. The van der Waals surface area contributed by atoms with Crippen molar-refractivity contribution in [1.82, 2.24) is 19.6 Å². The van der Waals surface area contributed by atoms with Gasteiger partial charge in [0.05, 0.1) is 65.2 Å². The van der Waals surface area contributed by atoms with E-state index in [4.69, 9.17) is 19.2 Å². The number of piperidine rings is 1. The number of ether oxygens (including phenoxy) is 3. The number of nitrogens with one attached hydrogen (secondary N) is 3. The SMILES string of the molecule is CC(C)c1cscc1[C@@H]1COCCN1C1CC2(CCN(c3ccc(C(=O)NS(=O)(=O)c4ccc(NCC5CCC(C)(O)CC5)c([N+](=O)[O-])c4)c(N4c5cc6cc[nH]c6nc5O[C@@H]5CCOC[C@H]54)c3)CC2)C1. The number of H-pyrrole nitrogens is 1. The van der Waals surface area contributed by atoms with Crippen LogP contribution in [0.2, 0.25) is 0 Å². The number of aromatic nitrogens is 2. The lowest BCUT2D eigenvalue weighted by atomic mass is 9.59. The maximum absolute atomic E-state index is 14.7. The molecule has 3 atom stereocenters. The molecule has 2 aromatic carbocycles. The van der Waals surface area contributed by atoms with Gasteiger partial charge in [-0.25, -0.2) is 13.1 Å². The van der Waals surface area contributed by atoms with Crippen LogP contribution in [0.1, 0.15) is 112 Å². The van der Waals surface area contributed by atoms with Gasteiger partial charge in [-0.3, -0.25) is 19.8 Å². The number of fused-ring (bicyclic) bond motifs is 3. The van der Waals surface area contributed by atoms with Crippen LogP contribution >= 0.6 is 11.3 Å². The number of sulfonamides is 1. The Morgan fingerprint density at radius 2 is 1.77 bits per heavy atom. The van der Waals surface area contributed by atoms with Crippen molar-refractivity contribution >= 4 is 66.7 Å². The summed E-state index contributed by atoms with van der Waals surface area (Å²) in [6, 6.07) is 13.5. The summed E-state index contributed by atoms with van der Waals surface area (Å²) in [7, 11) is -4.62. The number of nitro groups is 1. The van der Waals surface area contributed by atoms with E-state index in [9.17, 15) is 28.4 Å². The van der Waals surface area contributed by atoms with Crippen molar-refractivity contribution in [2.45, 2.75) is 119 Å². The number of amides is 1. The lowest BCUT2D eigenvalue weighted by Gasteiger charge is -2.57. The van der Waals surface area contributed by atoms with E-state index in [-0.39, 0.29) is 40.8 Å². The predicted octanol–water partition coefficient (Wildman–Crippen LogP) is 8.64. The molecule has 71 heavy (non-hydrogen) atoms. The van der Waals surface area contributed by atoms with Crippen LogP contribution in [0, 0.1) is 21.4 Å². The number of carbonyl (C=O) groups excluding carboxylic acids is 1. The van der Waals surface area contributed by atoms with Crippen LogP contribution in [0.4, 0.5) is 28.4 Å². The van der Waals surface area contributed by atoms with Crippen molar-refractivity contribution in [2.75, 3.05) is 67.7 Å². The average molecular weight is 1010 g/mol. The highest BCUT2D eigenvalue weighted by atomic mass is 32.2. The first-order valence-electron chi connectivity index (χ1n) is 25.3. The summed E-state index contributed by atoms with van der Waals surface area (Å²) in [5, 5.41) is 31.4. The molecule has 1 spiro atoms. The zero-order valence-corrected chi connectivity index (χ0v) is 42.2. The smallest absolute Gasteiger partial charge is 0.293 e. The highest BCUT2D eigenvalue weighted by Crippen LogP contribution is 2.54. The molecule has 4 aliphatic heterocycles. The summed E-state index contributed by atoms with van der Waals surface area (Å²) in [4.78, 5) is 41.2. The summed E-state index contributed by atoms with van der Waals surface area (Å²) >= 11 is 1.79. The molecule has 6 aliphatic rings. The number of morpholine rings is 1. The number of nitro benzene ring substituents is 1. The first-order valence-corrected chi connectivity index (χ1v) is 27.7. The molecular formula is C52H64N8O9S2. The molecular weight excluding hydrogens is 945 g/mol. The zero-order chi connectivity index (χ0) is 49.2. The molecule has 2 aliphatic carbocycles. The van der Waals surface area contributed by atoms with E-state index in [1.807, 2.05) is 42.3 Å². The minimum atomic E-state index is -4.62. The standard InChI is InChI=1S/C52H64N8O9S2/c1-32(2)39-30-70-31-40(39)45-28-68-21-19-58(45)36-25-52(26-36)14-17-57(18-15-52)35-4-6-38(42(23-35)59-44-22-34-10-16-53-48(34)55-50(44)69-47-11-20-67-29-46(47)59)49(61)56-71(65,66)37-5-7-41(43(24-37)60(63)64)54-27-33-8-12-51(3,62)13-9-33/h4-7,10,16,22-24,30-33,36,45-47,54,62H,8-9,11-15,17-21,25-29H2,1-3H3,(H,53,55)(H,56,61)/t33?,45-,46+,47+,51?/m0/s1. The number of pyridine rings is 1. The molecule has 7 heterocycles. The molecule has 17 nitrogen and oxygen atoms in total. The number of benzene rings is 2. The van der Waals surface area contributed by atoms with Crippen LogP contribution in [-0.2, 0) is 19.5 Å². The van der Waals surface area contributed by atoms with E-state index in [0.717, 1.165) is 88.5 Å². The Morgan fingerprint density at radius 3 is 2.55 bits per heavy atom. The number of rotatable bonds is 12. The number of aliphatic hydroxyl groups is 1. The number of anilines is 4. The van der Waals surface area contributed by atoms with Crippen molar-refractivity contribution in [1.29, 1.82) is 0 Å². The van der Waals surface area contributed by atoms with Gasteiger partial charge in [0, 0.05) is 62.0 Å².